The largest absolute Gasteiger partial charge is 0.478 e. The number of aromatic amines is 1. The molecule has 8 nitrogen and oxygen atoms in total. The molecule has 8 rings (SSSR count). The van der Waals surface area contributed by atoms with Crippen LogP contribution in [-0.2, 0) is 11.8 Å². The number of aromatic nitrogens is 6. The van der Waals surface area contributed by atoms with E-state index in [9.17, 15) is 0 Å². The number of nitrogens with one attached hydrogen (secondary N) is 1. The average molecular weight is 767 g/mol. The number of benzene rings is 5. The molecule has 0 spiro atoms. The number of hydrogen-bond acceptors (Lipinski definition) is 7. The molecular weight excluding hydrogens is 721 g/mol. The maximum atomic E-state index is 6.88. The van der Waals surface area contributed by atoms with Crippen LogP contribution in [0, 0.1) is 0 Å². The van der Waals surface area contributed by atoms with Crippen LogP contribution in [-0.4, -0.2) is 45.3 Å². The third kappa shape index (κ3) is 7.84. The Labute approximate surface area is 335 Å². The summed E-state index contributed by atoms with van der Waals surface area (Å²) in [4.78, 5) is 9.76. The highest BCUT2D eigenvalue weighted by Gasteiger charge is 2.40. The zero-order valence-corrected chi connectivity index (χ0v) is 33.8. The van der Waals surface area contributed by atoms with Crippen molar-refractivity contribution in [3.63, 3.8) is 0 Å². The first kappa shape index (κ1) is 37.5. The van der Waals surface area contributed by atoms with E-state index < -0.39 is 19.6 Å². The molecule has 5 aromatic carbocycles. The zero-order chi connectivity index (χ0) is 39.2. The molecule has 0 saturated heterocycles. The number of fused-ring (bicyclic) bond motifs is 1. The summed E-state index contributed by atoms with van der Waals surface area (Å²) in [5.41, 5.74) is 9.44. The Kier molecular flexibility index (Phi) is 10.7. The highest BCUT2D eigenvalue weighted by molar-refractivity contribution is 6.76. The van der Waals surface area contributed by atoms with Crippen molar-refractivity contribution in [1.29, 1.82) is 0 Å². The summed E-state index contributed by atoms with van der Waals surface area (Å²) in [6.45, 7) is 9.71. The van der Waals surface area contributed by atoms with Gasteiger partial charge in [0.05, 0.1) is 17.5 Å². The first-order valence-electron chi connectivity index (χ1n) is 19.5. The Bertz CT molecular complexity index is 2450. The van der Waals surface area contributed by atoms with Gasteiger partial charge in [-0.1, -0.05) is 171 Å². The second-order valence-electron chi connectivity index (χ2n) is 15.4. The summed E-state index contributed by atoms with van der Waals surface area (Å²) < 4.78 is 13.0. The summed E-state index contributed by atoms with van der Waals surface area (Å²) in [7, 11) is -1.28. The lowest BCUT2D eigenvalue weighted by molar-refractivity contribution is 0.239. The molecule has 0 aliphatic carbocycles. The van der Waals surface area contributed by atoms with Gasteiger partial charge in [-0.25, -0.2) is 4.98 Å². The maximum Gasteiger partial charge on any atom is 0.219 e. The molecule has 0 amide bonds. The van der Waals surface area contributed by atoms with Gasteiger partial charge in [-0.2, -0.15) is 5.21 Å². The molecule has 0 aliphatic heterocycles. The fraction of sp³-hybridized carbons (Fsp3) is 0.188. The molecule has 3 aromatic heterocycles. The van der Waals surface area contributed by atoms with Crippen molar-refractivity contribution in [1.82, 2.24) is 30.6 Å². The number of pyridine rings is 2. The minimum absolute atomic E-state index is 0.407. The van der Waals surface area contributed by atoms with E-state index in [1.165, 1.54) is 22.3 Å². The lowest BCUT2D eigenvalue weighted by atomic mass is 9.63. The van der Waals surface area contributed by atoms with E-state index in [4.69, 9.17) is 19.4 Å². The van der Waals surface area contributed by atoms with Crippen molar-refractivity contribution < 1.29 is 9.47 Å². The second-order valence-corrected chi connectivity index (χ2v) is 21.0. The van der Waals surface area contributed by atoms with E-state index in [2.05, 4.69) is 187 Å². The summed E-state index contributed by atoms with van der Waals surface area (Å²) in [6, 6.07) is 56.4. The van der Waals surface area contributed by atoms with Crippen LogP contribution in [0.15, 0.2) is 158 Å². The number of hydrogen-bond donors (Lipinski definition) is 1. The van der Waals surface area contributed by atoms with Gasteiger partial charge >= 0.3 is 0 Å². The number of ether oxygens (including phenoxy) is 2. The molecule has 0 radical (unpaired) electrons. The number of tetrazole rings is 1. The van der Waals surface area contributed by atoms with Crippen molar-refractivity contribution >= 4 is 19.1 Å². The van der Waals surface area contributed by atoms with Crippen molar-refractivity contribution in [3.05, 3.63) is 197 Å². The third-order valence-electron chi connectivity index (χ3n) is 10.4. The van der Waals surface area contributed by atoms with Crippen LogP contribution in [0.1, 0.15) is 52.4 Å². The Balaban J connectivity index is 1.21. The highest BCUT2D eigenvalue weighted by atomic mass is 28.3. The molecule has 0 saturated carbocycles. The van der Waals surface area contributed by atoms with Crippen LogP contribution in [0.2, 0.25) is 25.7 Å². The minimum Gasteiger partial charge on any atom is -0.478 e. The predicted molar refractivity (Wildman–Crippen MR) is 229 cm³/mol. The molecule has 0 bridgehead atoms. The number of rotatable bonds is 14. The lowest BCUT2D eigenvalue weighted by Gasteiger charge is -2.38. The Hall–Kier alpha value is -6.45. The predicted octanol–water partition coefficient (Wildman–Crippen LogP) is 10.6. The minimum atomic E-state index is -1.28. The SMILES string of the molecule is CCc1cc(OC(c2ccc(-c3ccccc3C(c3ccccc3)(c3ccccc3)c3ccccc3)cc2)c2nn[nH]n2)c2nc(OCC[Si](C)(C)C)ccc2n1. The first-order valence-corrected chi connectivity index (χ1v) is 23.2. The molecule has 9 heteroatoms. The highest BCUT2D eigenvalue weighted by Crippen LogP contribution is 2.48. The topological polar surface area (TPSA) is 98.7 Å². The standard InChI is InChI=1S/C48H46N6O2Si/c1-5-39-33-43(45-42(49-39)29-30-44(50-45)55-31-32-57(2,3)4)56-46(47-51-53-54-52-47)35-27-25-34(26-28-35)40-23-15-16-24-41(40)48(36-17-9-6-10-18-36,37-19-11-7-12-20-37)38-21-13-8-14-22-38/h6-30,33,46H,5,31-32H2,1-4H3,(H,51,52,53,54). The van der Waals surface area contributed by atoms with Gasteiger partial charge < -0.3 is 9.47 Å². The first-order chi connectivity index (χ1) is 27.8. The van der Waals surface area contributed by atoms with Gasteiger partial charge in [-0.3, -0.25) is 4.98 Å². The van der Waals surface area contributed by atoms with E-state index in [-0.39, 0.29) is 0 Å². The summed E-state index contributed by atoms with van der Waals surface area (Å²) >= 11 is 0. The van der Waals surface area contributed by atoms with Gasteiger partial charge in [-0.05, 0) is 51.9 Å². The van der Waals surface area contributed by atoms with E-state index in [1.807, 2.05) is 18.2 Å². The molecule has 8 aromatic rings. The van der Waals surface area contributed by atoms with Crippen LogP contribution >= 0.6 is 0 Å². The fourth-order valence-corrected chi connectivity index (χ4v) is 8.25. The van der Waals surface area contributed by atoms with Crippen LogP contribution in [0.4, 0.5) is 0 Å². The molecule has 284 valence electrons. The molecule has 0 fully saturated rings. The quantitative estimate of drug-likeness (QED) is 0.0869. The molecule has 1 N–H and O–H groups in total. The monoisotopic (exact) mass is 766 g/mol. The summed E-state index contributed by atoms with van der Waals surface area (Å²) in [5.74, 6) is 1.54. The Morgan fingerprint density at radius 3 is 1.88 bits per heavy atom. The van der Waals surface area contributed by atoms with E-state index in [0.29, 0.717) is 29.6 Å². The number of aryl methyl sites for hydroxylation is 1. The zero-order valence-electron chi connectivity index (χ0n) is 32.8. The van der Waals surface area contributed by atoms with E-state index >= 15 is 0 Å². The van der Waals surface area contributed by atoms with Gasteiger partial charge in [0.1, 0.15) is 5.52 Å². The average Bonchev–Trinajstić information content (AvgIpc) is 3.79. The van der Waals surface area contributed by atoms with Gasteiger partial charge in [0.2, 0.25) is 11.7 Å². The van der Waals surface area contributed by atoms with Crippen LogP contribution < -0.4 is 9.47 Å². The molecular formula is C48H46N6O2Si. The normalized spacial score (nSPS) is 12.4. The fourth-order valence-electron chi connectivity index (χ4n) is 7.53. The van der Waals surface area contributed by atoms with Crippen LogP contribution in [0.3, 0.4) is 0 Å². The summed E-state index contributed by atoms with van der Waals surface area (Å²) in [6.07, 6.45) is 0.0525. The van der Waals surface area contributed by atoms with Gasteiger partial charge in [0, 0.05) is 31.5 Å². The van der Waals surface area contributed by atoms with Crippen LogP contribution in [0.5, 0.6) is 11.6 Å². The lowest BCUT2D eigenvalue weighted by Crippen LogP contribution is -2.31. The van der Waals surface area contributed by atoms with Crippen molar-refractivity contribution in [2.45, 2.75) is 50.5 Å². The van der Waals surface area contributed by atoms with Crippen molar-refractivity contribution in [2.24, 2.45) is 0 Å². The Morgan fingerprint density at radius 2 is 1.30 bits per heavy atom. The Morgan fingerprint density at radius 1 is 0.684 bits per heavy atom. The molecule has 3 heterocycles. The van der Waals surface area contributed by atoms with E-state index in [0.717, 1.165) is 40.4 Å². The van der Waals surface area contributed by atoms with E-state index in [1.54, 1.807) is 0 Å². The van der Waals surface area contributed by atoms with Crippen molar-refractivity contribution in [2.75, 3.05) is 6.61 Å². The number of nitrogens with zero attached hydrogens (tertiary/aromatic N) is 5. The molecule has 57 heavy (non-hydrogen) atoms. The summed E-state index contributed by atoms with van der Waals surface area (Å²) in [5, 5.41) is 15.3. The smallest absolute Gasteiger partial charge is 0.219 e. The van der Waals surface area contributed by atoms with Gasteiger partial charge in [0.25, 0.3) is 0 Å². The maximum absolute atomic E-state index is 6.88. The third-order valence-corrected chi connectivity index (χ3v) is 12.1. The second kappa shape index (κ2) is 16.3. The van der Waals surface area contributed by atoms with Crippen LogP contribution in [0.25, 0.3) is 22.2 Å². The molecule has 0 aliphatic rings. The van der Waals surface area contributed by atoms with Gasteiger partial charge in [0.15, 0.2) is 11.9 Å². The van der Waals surface area contributed by atoms with Crippen molar-refractivity contribution in [3.8, 4) is 22.8 Å². The molecule has 1 unspecified atom stereocenters. The number of H-pyrrole nitrogens is 1. The van der Waals surface area contributed by atoms with Gasteiger partial charge in [-0.15, -0.1) is 10.2 Å². The molecule has 1 atom stereocenters.